The minimum Gasteiger partial charge on any atom is -0.315 e. The van der Waals surface area contributed by atoms with Crippen LogP contribution in [0, 0.1) is 0 Å². The van der Waals surface area contributed by atoms with E-state index in [1.807, 2.05) is 0 Å². The van der Waals surface area contributed by atoms with Gasteiger partial charge in [-0.25, -0.2) is 0 Å². The Morgan fingerprint density at radius 3 is 1.73 bits per heavy atom. The average Bonchev–Trinajstić information content (AvgIpc) is 3.78. The fourth-order valence-electron chi connectivity index (χ4n) is 8.21. The van der Waals surface area contributed by atoms with E-state index < -0.39 is 0 Å². The highest BCUT2D eigenvalue weighted by molar-refractivity contribution is 7.17. The maximum absolute atomic E-state index is 4.61. The van der Waals surface area contributed by atoms with Gasteiger partial charge >= 0.3 is 0 Å². The second-order valence-corrected chi connectivity index (χ2v) is 15.4. The van der Waals surface area contributed by atoms with Crippen LogP contribution < -0.4 is 14.7 Å². The van der Waals surface area contributed by atoms with E-state index in [1.165, 1.54) is 70.6 Å². The van der Waals surface area contributed by atoms with Crippen molar-refractivity contribution in [2.75, 3.05) is 4.90 Å². The third-order valence-corrected chi connectivity index (χ3v) is 12.0. The quantitative estimate of drug-likeness (QED) is 0.158. The smallest absolute Gasteiger partial charge is 0.0641 e. The molecule has 0 N–H and O–H groups in total. The van der Waals surface area contributed by atoms with Gasteiger partial charge in [-0.2, -0.15) is 0 Å². The lowest BCUT2D eigenvalue weighted by Crippen LogP contribution is -2.17. The number of fused-ring (bicyclic) bond motifs is 6. The molecule has 0 unspecified atom stereocenters. The van der Waals surface area contributed by atoms with Crippen LogP contribution in [0.4, 0.5) is 11.4 Å². The topological polar surface area (TPSA) is 8.17 Å². The van der Waals surface area contributed by atoms with Crippen LogP contribution in [0.2, 0.25) is 0 Å². The number of rotatable bonds is 7. The molecule has 3 heteroatoms. The van der Waals surface area contributed by atoms with Crippen molar-refractivity contribution in [2.45, 2.75) is 6.92 Å². The van der Waals surface area contributed by atoms with E-state index in [-0.39, 0.29) is 0 Å². The van der Waals surface area contributed by atoms with Crippen molar-refractivity contribution in [3.05, 3.63) is 210 Å². The number of hydrogen-bond acceptors (Lipinski definition) is 2. The van der Waals surface area contributed by atoms with E-state index in [9.17, 15) is 0 Å². The van der Waals surface area contributed by atoms with E-state index >= 15 is 0 Å². The van der Waals surface area contributed by atoms with E-state index in [1.54, 1.807) is 11.3 Å². The molecule has 2 heterocycles. The largest absolute Gasteiger partial charge is 0.315 e. The normalized spacial score (nSPS) is 12.3. The maximum Gasteiger partial charge on any atom is 0.0641 e. The minimum atomic E-state index is 1.05. The first-order chi connectivity index (χ1) is 27.6. The number of allylic oxidation sites excluding steroid dienone is 2. The molecule has 0 saturated carbocycles. The molecule has 0 aliphatic heterocycles. The standard InChI is InChI=1S/C53H38N2S/c1-36(54(43-30-25-40(26-31-43)38-14-5-3-6-15-38)44-32-27-41(28-33-44)39-16-7-4-8-17-39)24-34-45-37(2)56-53-49(45)21-13-23-51(53)55-50-22-12-11-20-47(50)48-35-29-42-18-9-10-19-46(42)52(48)55/h3-35H,2H2,1H3/b36-24+,45-34+. The van der Waals surface area contributed by atoms with Gasteiger partial charge in [0.2, 0.25) is 0 Å². The summed E-state index contributed by atoms with van der Waals surface area (Å²) in [5.74, 6) is 0. The van der Waals surface area contributed by atoms with Gasteiger partial charge in [-0.1, -0.05) is 164 Å². The maximum atomic E-state index is 4.61. The van der Waals surface area contributed by atoms with Crippen molar-refractivity contribution >= 4 is 78.0 Å². The van der Waals surface area contributed by atoms with Gasteiger partial charge in [0.1, 0.15) is 0 Å². The molecule has 0 spiro atoms. The van der Waals surface area contributed by atoms with Crippen molar-refractivity contribution < 1.29 is 0 Å². The molecular formula is C53H38N2S. The highest BCUT2D eigenvalue weighted by Crippen LogP contribution is 2.39. The molecule has 0 saturated heterocycles. The molecule has 56 heavy (non-hydrogen) atoms. The van der Waals surface area contributed by atoms with Crippen LogP contribution in [-0.2, 0) is 0 Å². The summed E-state index contributed by atoms with van der Waals surface area (Å²) in [5, 5.41) is 7.37. The summed E-state index contributed by atoms with van der Waals surface area (Å²) in [6, 6.07) is 67.6. The molecule has 8 aromatic carbocycles. The highest BCUT2D eigenvalue weighted by atomic mass is 32.1. The molecule has 0 fully saturated rings. The predicted octanol–water partition coefficient (Wildman–Crippen LogP) is 13.4. The number of nitrogens with zero attached hydrogens (tertiary/aromatic N) is 2. The summed E-state index contributed by atoms with van der Waals surface area (Å²) < 4.78 is 4.75. The first kappa shape index (κ1) is 33.6. The minimum absolute atomic E-state index is 1.05. The van der Waals surface area contributed by atoms with Crippen LogP contribution in [-0.4, -0.2) is 4.57 Å². The molecule has 0 bridgehead atoms. The molecular weight excluding hydrogens is 697 g/mol. The monoisotopic (exact) mass is 734 g/mol. The Morgan fingerprint density at radius 1 is 0.518 bits per heavy atom. The van der Waals surface area contributed by atoms with Crippen molar-refractivity contribution in [1.82, 2.24) is 4.57 Å². The summed E-state index contributed by atoms with van der Waals surface area (Å²) >= 11 is 1.77. The lowest BCUT2D eigenvalue weighted by molar-refractivity contribution is 1.16. The van der Waals surface area contributed by atoms with Crippen molar-refractivity contribution in [3.8, 4) is 27.9 Å². The number of benzene rings is 8. The lowest BCUT2D eigenvalue weighted by atomic mass is 10.0. The molecule has 0 atom stereocenters. The van der Waals surface area contributed by atoms with Crippen LogP contribution in [0.25, 0.3) is 83.3 Å². The first-order valence-corrected chi connectivity index (χ1v) is 19.9. The zero-order chi connectivity index (χ0) is 37.6. The van der Waals surface area contributed by atoms with Crippen molar-refractivity contribution in [1.29, 1.82) is 0 Å². The Hall–Kier alpha value is -6.94. The molecule has 10 rings (SSSR count). The van der Waals surface area contributed by atoms with E-state index in [2.05, 4.69) is 223 Å². The van der Waals surface area contributed by atoms with Crippen LogP contribution in [0.1, 0.15) is 6.92 Å². The van der Waals surface area contributed by atoms with E-state index in [4.69, 9.17) is 0 Å². The Bertz CT molecular complexity index is 3110. The third-order valence-electron chi connectivity index (χ3n) is 10.9. The van der Waals surface area contributed by atoms with Gasteiger partial charge in [-0.3, -0.25) is 0 Å². The van der Waals surface area contributed by atoms with Gasteiger partial charge in [0.25, 0.3) is 0 Å². The number of anilines is 2. The van der Waals surface area contributed by atoms with Crippen LogP contribution >= 0.6 is 11.3 Å². The summed E-state index contributed by atoms with van der Waals surface area (Å²) in [4.78, 5) is 2.34. The predicted molar refractivity (Wildman–Crippen MR) is 243 cm³/mol. The fraction of sp³-hybridized carbons (Fsp3) is 0.0189. The molecule has 0 aliphatic carbocycles. The highest BCUT2D eigenvalue weighted by Gasteiger charge is 2.18. The zero-order valence-electron chi connectivity index (χ0n) is 31.1. The summed E-state index contributed by atoms with van der Waals surface area (Å²) in [7, 11) is 0. The molecule has 0 aliphatic rings. The average molecular weight is 735 g/mol. The van der Waals surface area contributed by atoms with Gasteiger partial charge in [0.15, 0.2) is 0 Å². The molecule has 2 aromatic heterocycles. The zero-order valence-corrected chi connectivity index (χ0v) is 31.9. The second-order valence-electron chi connectivity index (χ2n) is 14.3. The van der Waals surface area contributed by atoms with Gasteiger partial charge in [0.05, 0.1) is 21.4 Å². The first-order valence-electron chi connectivity index (χ1n) is 19.0. The molecule has 266 valence electrons. The molecule has 0 amide bonds. The Balaban J connectivity index is 1.11. The second kappa shape index (κ2) is 14.0. The molecule has 2 nitrogen and oxygen atoms in total. The molecule has 10 aromatic rings. The summed E-state index contributed by atoms with van der Waals surface area (Å²) in [6.07, 6.45) is 4.50. The van der Waals surface area contributed by atoms with Crippen LogP contribution in [0.3, 0.4) is 0 Å². The number of para-hydroxylation sites is 1. The lowest BCUT2D eigenvalue weighted by Gasteiger charge is -2.26. The van der Waals surface area contributed by atoms with Crippen LogP contribution in [0.5, 0.6) is 0 Å². The number of thiophene rings is 1. The van der Waals surface area contributed by atoms with Crippen molar-refractivity contribution in [2.24, 2.45) is 0 Å². The third kappa shape index (κ3) is 5.81. The molecule has 0 radical (unpaired) electrons. The fourth-order valence-corrected chi connectivity index (χ4v) is 9.30. The summed E-state index contributed by atoms with van der Waals surface area (Å²) in [6.45, 7) is 6.80. The Labute approximate surface area is 330 Å². The number of aromatic nitrogens is 1. The van der Waals surface area contributed by atoms with Gasteiger partial charge in [0, 0.05) is 43.1 Å². The van der Waals surface area contributed by atoms with E-state index in [0.29, 0.717) is 0 Å². The van der Waals surface area contributed by atoms with Gasteiger partial charge < -0.3 is 9.47 Å². The van der Waals surface area contributed by atoms with E-state index in [0.717, 1.165) is 26.8 Å². The Kier molecular flexibility index (Phi) is 8.43. The van der Waals surface area contributed by atoms with Crippen molar-refractivity contribution in [3.63, 3.8) is 0 Å². The summed E-state index contributed by atoms with van der Waals surface area (Å²) in [5.41, 5.74) is 11.7. The van der Waals surface area contributed by atoms with Crippen LogP contribution in [0.15, 0.2) is 200 Å². The Morgan fingerprint density at radius 2 is 1.07 bits per heavy atom. The number of hydrogen-bond donors (Lipinski definition) is 0. The SMILES string of the molecule is C=c1sc2c(-n3c4ccccc4c4ccc5ccccc5c43)cccc2/c1=C/C=C(\C)N(c1ccc(-c2ccccc2)cc1)c1ccc(-c2ccccc2)cc1. The van der Waals surface area contributed by atoms with Gasteiger partial charge in [-0.05, 0) is 82.3 Å². The van der Waals surface area contributed by atoms with Gasteiger partial charge in [-0.15, -0.1) is 11.3 Å².